The summed E-state index contributed by atoms with van der Waals surface area (Å²) >= 11 is 0. The summed E-state index contributed by atoms with van der Waals surface area (Å²) in [6.07, 6.45) is -0.495. The topological polar surface area (TPSA) is 96.4 Å². The summed E-state index contributed by atoms with van der Waals surface area (Å²) < 4.78 is 20.2. The molecule has 0 aliphatic carbocycles. The van der Waals surface area contributed by atoms with Gasteiger partial charge in [0.1, 0.15) is 11.4 Å². The Morgan fingerprint density at radius 3 is 2.54 bits per heavy atom. The van der Waals surface area contributed by atoms with E-state index in [4.69, 9.17) is 15.7 Å². The summed E-state index contributed by atoms with van der Waals surface area (Å²) in [5.74, 6) is -1.29. The number of primary amides is 1. The first-order chi connectivity index (χ1) is 13.1. The second-order valence-electron chi connectivity index (χ2n) is 7.63. The largest absolute Gasteiger partial charge is 0.444 e. The molecule has 3 rings (SSSR count). The summed E-state index contributed by atoms with van der Waals surface area (Å²) in [6.45, 7) is 5.74. The molecule has 0 bridgehead atoms. The number of hydrogen-bond donors (Lipinski definition) is 1. The highest BCUT2D eigenvalue weighted by molar-refractivity contribution is 6.00. The van der Waals surface area contributed by atoms with Gasteiger partial charge >= 0.3 is 6.09 Å². The van der Waals surface area contributed by atoms with Crippen molar-refractivity contribution in [3.05, 3.63) is 58.4 Å². The van der Waals surface area contributed by atoms with Gasteiger partial charge in [0.15, 0.2) is 0 Å². The van der Waals surface area contributed by atoms with E-state index in [1.165, 1.54) is 29.2 Å². The maximum absolute atomic E-state index is 14.8. The van der Waals surface area contributed by atoms with E-state index in [2.05, 4.69) is 0 Å². The average Bonchev–Trinajstić information content (AvgIpc) is 3.04. The predicted octanol–water partition coefficient (Wildman–Crippen LogP) is 3.71. The lowest BCUT2D eigenvalue weighted by molar-refractivity contribution is 0.0242. The normalized spacial score (nSPS) is 13.0. The number of carbonyl (C=O) groups excluding carboxylic acids is 2. The molecule has 7 heteroatoms. The first-order valence-electron chi connectivity index (χ1n) is 8.73. The minimum atomic E-state index is -0.758. The van der Waals surface area contributed by atoms with E-state index in [0.29, 0.717) is 11.1 Å². The van der Waals surface area contributed by atoms with E-state index < -0.39 is 23.4 Å². The van der Waals surface area contributed by atoms with Crippen LogP contribution in [0.1, 0.15) is 47.8 Å². The fourth-order valence-electron chi connectivity index (χ4n) is 3.23. The molecule has 28 heavy (non-hydrogen) atoms. The number of fused-ring (bicyclic) bond motifs is 1. The fraction of sp³-hybridized carbons (Fsp3) is 0.286. The minimum absolute atomic E-state index is 0.0575. The highest BCUT2D eigenvalue weighted by atomic mass is 19.1. The van der Waals surface area contributed by atoms with Crippen LogP contribution in [0.3, 0.4) is 0 Å². The number of hydrogen-bond acceptors (Lipinski definition) is 4. The van der Waals surface area contributed by atoms with Gasteiger partial charge in [-0.15, -0.1) is 0 Å². The molecule has 2 aromatic rings. The SMILES string of the molecule is CC(C)(C)OC(=O)N1Cc2ccc(F)c(-c3ccc(C#N)cc3C(N)=O)c2C1. The third kappa shape index (κ3) is 3.67. The van der Waals surface area contributed by atoms with Gasteiger partial charge in [0, 0.05) is 17.7 Å². The summed E-state index contributed by atoms with van der Waals surface area (Å²) in [7, 11) is 0. The van der Waals surface area contributed by atoms with Gasteiger partial charge in [0.05, 0.1) is 18.2 Å². The van der Waals surface area contributed by atoms with Gasteiger partial charge in [-0.2, -0.15) is 5.26 Å². The Morgan fingerprint density at radius 1 is 1.21 bits per heavy atom. The van der Waals surface area contributed by atoms with Crippen molar-refractivity contribution in [2.24, 2.45) is 5.73 Å². The molecule has 0 radical (unpaired) electrons. The molecule has 0 aromatic heterocycles. The number of halogens is 1. The lowest BCUT2D eigenvalue weighted by Crippen LogP contribution is -2.33. The van der Waals surface area contributed by atoms with Crippen LogP contribution in [0.4, 0.5) is 9.18 Å². The van der Waals surface area contributed by atoms with Gasteiger partial charge in [-0.3, -0.25) is 9.69 Å². The molecule has 1 heterocycles. The molecular weight excluding hydrogens is 361 g/mol. The van der Waals surface area contributed by atoms with E-state index in [-0.39, 0.29) is 29.8 Å². The van der Waals surface area contributed by atoms with E-state index in [1.807, 2.05) is 6.07 Å². The Balaban J connectivity index is 2.07. The average molecular weight is 381 g/mol. The number of carbonyl (C=O) groups is 2. The van der Waals surface area contributed by atoms with Crippen molar-refractivity contribution >= 4 is 12.0 Å². The van der Waals surface area contributed by atoms with Gasteiger partial charge in [0.2, 0.25) is 5.91 Å². The Labute approximate surface area is 162 Å². The van der Waals surface area contributed by atoms with Crippen molar-refractivity contribution in [3.63, 3.8) is 0 Å². The molecule has 0 fully saturated rings. The quantitative estimate of drug-likeness (QED) is 0.857. The van der Waals surface area contributed by atoms with Crippen molar-refractivity contribution < 1.29 is 18.7 Å². The zero-order valence-corrected chi connectivity index (χ0v) is 15.9. The summed E-state index contributed by atoms with van der Waals surface area (Å²) in [6, 6.07) is 9.21. The second-order valence-corrected chi connectivity index (χ2v) is 7.63. The number of amides is 2. The van der Waals surface area contributed by atoms with Crippen LogP contribution in [0.2, 0.25) is 0 Å². The van der Waals surface area contributed by atoms with Gasteiger partial charge in [-0.05, 0) is 55.7 Å². The van der Waals surface area contributed by atoms with Crippen LogP contribution in [0.5, 0.6) is 0 Å². The molecule has 1 aliphatic rings. The van der Waals surface area contributed by atoms with E-state index in [0.717, 1.165) is 5.56 Å². The van der Waals surface area contributed by atoms with E-state index in [1.54, 1.807) is 26.8 Å². The molecule has 0 atom stereocenters. The van der Waals surface area contributed by atoms with Crippen LogP contribution in [0, 0.1) is 17.1 Å². The number of nitrogens with two attached hydrogens (primary N) is 1. The molecule has 2 aromatic carbocycles. The smallest absolute Gasteiger partial charge is 0.410 e. The maximum Gasteiger partial charge on any atom is 0.410 e. The Bertz CT molecular complexity index is 1020. The molecule has 144 valence electrons. The number of rotatable bonds is 2. The highest BCUT2D eigenvalue weighted by Gasteiger charge is 2.31. The molecule has 1 aliphatic heterocycles. The van der Waals surface area contributed by atoms with Crippen LogP contribution >= 0.6 is 0 Å². The van der Waals surface area contributed by atoms with Crippen LogP contribution in [0.25, 0.3) is 11.1 Å². The van der Waals surface area contributed by atoms with Gasteiger partial charge in [-0.25, -0.2) is 9.18 Å². The van der Waals surface area contributed by atoms with Crippen molar-refractivity contribution in [1.82, 2.24) is 4.90 Å². The van der Waals surface area contributed by atoms with Crippen molar-refractivity contribution in [3.8, 4) is 17.2 Å². The van der Waals surface area contributed by atoms with Gasteiger partial charge in [-0.1, -0.05) is 12.1 Å². The monoisotopic (exact) mass is 381 g/mol. The van der Waals surface area contributed by atoms with Crippen LogP contribution < -0.4 is 5.73 Å². The third-order valence-corrected chi connectivity index (χ3v) is 4.40. The molecule has 0 saturated carbocycles. The van der Waals surface area contributed by atoms with E-state index >= 15 is 0 Å². The second kappa shape index (κ2) is 6.97. The first kappa shape index (κ1) is 19.4. The molecule has 6 nitrogen and oxygen atoms in total. The standard InChI is InChI=1S/C21H20FN3O3/c1-21(2,3)28-20(27)25-10-13-5-7-17(22)18(16(13)11-25)14-6-4-12(9-23)8-15(14)19(24)26/h4-8H,10-11H2,1-3H3,(H2,24,26). The lowest BCUT2D eigenvalue weighted by atomic mass is 9.91. The molecule has 0 spiro atoms. The summed E-state index contributed by atoms with van der Waals surface area (Å²) in [5, 5.41) is 9.07. The number of nitrogens with zero attached hydrogens (tertiary/aromatic N) is 2. The first-order valence-corrected chi connectivity index (χ1v) is 8.73. The van der Waals surface area contributed by atoms with Crippen LogP contribution in [-0.4, -0.2) is 22.5 Å². The van der Waals surface area contributed by atoms with Crippen molar-refractivity contribution in [1.29, 1.82) is 5.26 Å². The molecule has 2 N–H and O–H groups in total. The molecule has 0 saturated heterocycles. The third-order valence-electron chi connectivity index (χ3n) is 4.40. The summed E-state index contributed by atoms with van der Waals surface area (Å²) in [5.41, 5.74) is 6.99. The molecule has 2 amide bonds. The van der Waals surface area contributed by atoms with Crippen molar-refractivity contribution in [2.75, 3.05) is 0 Å². The van der Waals surface area contributed by atoms with E-state index in [9.17, 15) is 14.0 Å². The lowest BCUT2D eigenvalue weighted by Gasteiger charge is -2.24. The zero-order chi connectivity index (χ0) is 20.6. The Kier molecular flexibility index (Phi) is 4.82. The van der Waals surface area contributed by atoms with Gasteiger partial charge in [0.25, 0.3) is 0 Å². The zero-order valence-electron chi connectivity index (χ0n) is 15.9. The molecular formula is C21H20FN3O3. The Hall–Kier alpha value is -3.40. The number of ether oxygens (including phenoxy) is 1. The van der Waals surface area contributed by atoms with Gasteiger partial charge < -0.3 is 10.5 Å². The number of benzene rings is 2. The molecule has 0 unspecified atom stereocenters. The van der Waals surface area contributed by atoms with Crippen LogP contribution in [0.15, 0.2) is 30.3 Å². The van der Waals surface area contributed by atoms with Crippen LogP contribution in [-0.2, 0) is 17.8 Å². The predicted molar refractivity (Wildman–Crippen MR) is 101 cm³/mol. The summed E-state index contributed by atoms with van der Waals surface area (Å²) in [4.78, 5) is 25.8. The van der Waals surface area contributed by atoms with Crippen molar-refractivity contribution in [2.45, 2.75) is 39.5 Å². The number of nitriles is 1. The fourth-order valence-corrected chi connectivity index (χ4v) is 3.23. The Morgan fingerprint density at radius 2 is 1.93 bits per heavy atom. The minimum Gasteiger partial charge on any atom is -0.444 e. The highest BCUT2D eigenvalue weighted by Crippen LogP contribution is 2.37. The maximum atomic E-state index is 14.8.